The smallest absolute Gasteiger partial charge is 0.306 e. The van der Waals surface area contributed by atoms with Crippen LogP contribution in [0.25, 0.3) is 0 Å². The number of allylic oxidation sites excluding steroid dienone is 18. The van der Waals surface area contributed by atoms with E-state index in [0.29, 0.717) is 12.8 Å². The molecule has 0 aliphatic rings. The van der Waals surface area contributed by atoms with Crippen LogP contribution in [0.4, 0.5) is 0 Å². The van der Waals surface area contributed by atoms with Crippen LogP contribution in [-0.4, -0.2) is 36.4 Å². The second-order valence-electron chi connectivity index (χ2n) is 24.3. The number of rotatable bonds is 67. The third-order valence-corrected chi connectivity index (χ3v) is 16.1. The van der Waals surface area contributed by atoms with Crippen LogP contribution >= 0.6 is 0 Å². The van der Waals surface area contributed by atoms with Gasteiger partial charge in [-0.3, -0.25) is 9.59 Å². The largest absolute Gasteiger partial charge is 0.462 e. The first-order valence-corrected chi connectivity index (χ1v) is 36.4. The lowest BCUT2D eigenvalue weighted by molar-refractivity contribution is -0.161. The van der Waals surface area contributed by atoms with Gasteiger partial charge in [0.05, 0.1) is 6.61 Å². The minimum absolute atomic E-state index is 0.0723. The molecule has 0 aromatic heterocycles. The van der Waals surface area contributed by atoms with E-state index < -0.39 is 6.10 Å². The zero-order valence-electron chi connectivity index (χ0n) is 55.6. The normalized spacial score (nSPS) is 12.8. The van der Waals surface area contributed by atoms with Crippen LogP contribution < -0.4 is 0 Å². The number of ether oxygens (including phenoxy) is 2. The second kappa shape index (κ2) is 73.8. The number of esters is 2. The maximum atomic E-state index is 12.4. The van der Waals surface area contributed by atoms with Gasteiger partial charge < -0.3 is 14.6 Å². The van der Waals surface area contributed by atoms with Gasteiger partial charge in [-0.1, -0.05) is 374 Å². The Balaban J connectivity index is 3.48. The Kier molecular flexibility index (Phi) is 70.8. The van der Waals surface area contributed by atoms with Crippen molar-refractivity contribution in [3.05, 3.63) is 109 Å². The Morgan fingerprint density at radius 3 is 0.774 bits per heavy atom. The average Bonchev–Trinajstić information content (AvgIpc) is 3.51. The molecule has 1 unspecified atom stereocenters. The van der Waals surface area contributed by atoms with Gasteiger partial charge in [0.25, 0.3) is 0 Å². The van der Waals surface area contributed by atoms with E-state index in [0.717, 1.165) is 103 Å². The number of aliphatic hydroxyl groups excluding tert-OH is 1. The van der Waals surface area contributed by atoms with Gasteiger partial charge in [-0.25, -0.2) is 0 Å². The van der Waals surface area contributed by atoms with Gasteiger partial charge in [0.15, 0.2) is 6.10 Å². The zero-order chi connectivity index (χ0) is 60.5. The fourth-order valence-corrected chi connectivity index (χ4v) is 10.7. The highest BCUT2D eigenvalue weighted by Gasteiger charge is 2.16. The number of carbonyl (C=O) groups excluding carboxylic acids is 2. The van der Waals surface area contributed by atoms with E-state index in [1.54, 1.807) is 0 Å². The van der Waals surface area contributed by atoms with Crippen molar-refractivity contribution in [2.24, 2.45) is 0 Å². The molecule has 1 atom stereocenters. The maximum Gasteiger partial charge on any atom is 0.306 e. The van der Waals surface area contributed by atoms with E-state index in [1.807, 2.05) is 0 Å². The van der Waals surface area contributed by atoms with Gasteiger partial charge in [-0.05, 0) is 83.5 Å². The predicted octanol–water partition coefficient (Wildman–Crippen LogP) is 25.5. The fraction of sp³-hybridized carbons (Fsp3) is 0.747. The van der Waals surface area contributed by atoms with Crippen molar-refractivity contribution in [1.29, 1.82) is 0 Å². The molecule has 1 N–H and O–H groups in total. The monoisotopic (exact) mass is 1170 g/mol. The third-order valence-electron chi connectivity index (χ3n) is 16.1. The molecule has 5 nitrogen and oxygen atoms in total. The van der Waals surface area contributed by atoms with Gasteiger partial charge >= 0.3 is 11.9 Å². The summed E-state index contributed by atoms with van der Waals surface area (Å²) in [4.78, 5) is 24.7. The van der Waals surface area contributed by atoms with E-state index in [-0.39, 0.29) is 25.2 Å². The van der Waals surface area contributed by atoms with E-state index in [9.17, 15) is 14.7 Å². The third kappa shape index (κ3) is 71.0. The summed E-state index contributed by atoms with van der Waals surface area (Å²) < 4.78 is 10.8. The topological polar surface area (TPSA) is 72.8 Å². The van der Waals surface area contributed by atoms with Crippen LogP contribution in [0, 0.1) is 0 Å². The van der Waals surface area contributed by atoms with Crippen molar-refractivity contribution in [2.75, 3.05) is 13.2 Å². The van der Waals surface area contributed by atoms with Gasteiger partial charge in [-0.2, -0.15) is 0 Å². The number of unbranched alkanes of at least 4 members (excludes halogenated alkanes) is 41. The van der Waals surface area contributed by atoms with Crippen molar-refractivity contribution in [3.8, 4) is 0 Å². The summed E-state index contributed by atoms with van der Waals surface area (Å²) in [5, 5.41) is 9.71. The fourth-order valence-electron chi connectivity index (χ4n) is 10.7. The molecular formula is C79H138O5. The molecule has 484 valence electrons. The first kappa shape index (κ1) is 80.6. The SMILES string of the molecule is CC/C=C\C/C=C\C/C=C\C/C=C\C/C=C\C/C=C\C/C=C\C/C=C\C/C=C\CCCCCCCCCC(=O)OC(CO)COC(=O)CCCCCCCCCCCCCCCCCCCCCCCCCCCCCCCCCCCCC. The Hall–Kier alpha value is -3.44. The van der Waals surface area contributed by atoms with Crippen LogP contribution in [0.15, 0.2) is 109 Å². The molecular weight excluding hydrogens is 1030 g/mol. The van der Waals surface area contributed by atoms with Crippen molar-refractivity contribution in [1.82, 2.24) is 0 Å². The molecule has 84 heavy (non-hydrogen) atoms. The highest BCUT2D eigenvalue weighted by molar-refractivity contribution is 5.70. The molecule has 0 aliphatic heterocycles. The van der Waals surface area contributed by atoms with Crippen LogP contribution in [0.1, 0.15) is 361 Å². The quantitative estimate of drug-likeness (QED) is 0.0373. The summed E-state index contributed by atoms with van der Waals surface area (Å²) in [6, 6.07) is 0. The summed E-state index contributed by atoms with van der Waals surface area (Å²) in [5.74, 6) is -0.594. The van der Waals surface area contributed by atoms with Crippen LogP contribution in [0.5, 0.6) is 0 Å². The lowest BCUT2D eigenvalue weighted by atomic mass is 10.0. The number of carbonyl (C=O) groups is 2. The summed E-state index contributed by atoms with van der Waals surface area (Å²) >= 11 is 0. The van der Waals surface area contributed by atoms with E-state index in [2.05, 4.69) is 123 Å². The maximum absolute atomic E-state index is 12.4. The first-order valence-electron chi connectivity index (χ1n) is 36.4. The molecule has 0 aromatic carbocycles. The molecule has 0 amide bonds. The van der Waals surface area contributed by atoms with Crippen molar-refractivity contribution >= 4 is 11.9 Å². The highest BCUT2D eigenvalue weighted by Crippen LogP contribution is 2.18. The summed E-state index contributed by atoms with van der Waals surface area (Å²) in [5.41, 5.74) is 0. The molecule has 0 fully saturated rings. The zero-order valence-corrected chi connectivity index (χ0v) is 55.6. The Morgan fingerprint density at radius 1 is 0.286 bits per heavy atom. The first-order chi connectivity index (χ1) is 41.6. The molecule has 0 radical (unpaired) electrons. The van der Waals surface area contributed by atoms with Gasteiger partial charge in [0.1, 0.15) is 6.61 Å². The van der Waals surface area contributed by atoms with Crippen LogP contribution in [-0.2, 0) is 19.1 Å². The van der Waals surface area contributed by atoms with Crippen LogP contribution in [0.3, 0.4) is 0 Å². The molecule has 0 aliphatic carbocycles. The standard InChI is InChI=1S/C79H138O5/c1-3-5-7-9-11-13-15-17-19-21-23-25-27-29-31-33-35-37-39-41-43-45-47-49-51-53-55-57-59-61-63-65-67-69-71-73-78(81)83-76-77(75-80)84-79(82)74-72-70-68-66-64-62-60-58-56-54-52-50-48-46-44-42-40-38-36-34-32-30-28-26-24-22-20-18-16-14-12-10-8-6-4-2/h6,8,12,14,18,20,24,26,30,32,36,38,42,44,48,50,54,56,77,80H,3-5,7,9-11,13,15-17,19,21-23,25,27-29,31,33-35,37,39-41,43,45-47,49,51-53,55,57-76H2,1-2H3/b8-6-,14-12-,20-18-,26-24-,32-30-,38-36-,44-42-,50-48-,56-54-. The van der Waals surface area contributed by atoms with Gasteiger partial charge in [0, 0.05) is 12.8 Å². The molecule has 0 heterocycles. The van der Waals surface area contributed by atoms with E-state index >= 15 is 0 Å². The number of hydrogen-bond donors (Lipinski definition) is 1. The Morgan fingerprint density at radius 2 is 0.512 bits per heavy atom. The Bertz CT molecular complexity index is 1610. The summed E-state index contributed by atoms with van der Waals surface area (Å²) in [7, 11) is 0. The molecule has 0 spiro atoms. The Labute approximate surface area is 522 Å². The van der Waals surface area contributed by atoms with Crippen molar-refractivity contribution in [3.63, 3.8) is 0 Å². The van der Waals surface area contributed by atoms with E-state index in [4.69, 9.17) is 9.47 Å². The number of hydrogen-bond acceptors (Lipinski definition) is 5. The van der Waals surface area contributed by atoms with Crippen molar-refractivity contribution < 1.29 is 24.2 Å². The molecule has 0 rings (SSSR count). The summed E-state index contributed by atoms with van der Waals surface area (Å²) in [6.45, 7) is 4.06. The lowest BCUT2D eigenvalue weighted by Gasteiger charge is -2.15. The highest BCUT2D eigenvalue weighted by atomic mass is 16.6. The molecule has 0 bridgehead atoms. The van der Waals surface area contributed by atoms with Gasteiger partial charge in [0.2, 0.25) is 0 Å². The number of aliphatic hydroxyl groups is 1. The van der Waals surface area contributed by atoms with E-state index in [1.165, 1.54) is 231 Å². The molecule has 0 saturated heterocycles. The van der Waals surface area contributed by atoms with Crippen molar-refractivity contribution in [2.45, 2.75) is 367 Å². The summed E-state index contributed by atoms with van der Waals surface area (Å²) in [6.07, 6.45) is 107. The lowest BCUT2D eigenvalue weighted by Crippen LogP contribution is -2.28. The average molecular weight is 1170 g/mol. The second-order valence-corrected chi connectivity index (χ2v) is 24.3. The molecule has 0 aromatic rings. The minimum atomic E-state index is -0.785. The minimum Gasteiger partial charge on any atom is -0.462 e. The molecule has 0 saturated carbocycles. The molecule has 5 heteroatoms. The van der Waals surface area contributed by atoms with Crippen LogP contribution in [0.2, 0.25) is 0 Å². The predicted molar refractivity (Wildman–Crippen MR) is 371 cm³/mol. The van der Waals surface area contributed by atoms with Gasteiger partial charge in [-0.15, -0.1) is 0 Å².